The lowest BCUT2D eigenvalue weighted by Crippen LogP contribution is -2.13. The number of hydrogen-bond donors (Lipinski definition) is 3. The topological polar surface area (TPSA) is 78.8 Å². The van der Waals surface area contributed by atoms with Crippen LogP contribution in [0, 0.1) is 11.6 Å². The first-order valence-corrected chi connectivity index (χ1v) is 5.21. The molecule has 0 atom stereocenters. The molecule has 1 aromatic rings. The molecule has 0 aliphatic rings. The number of halogens is 2. The van der Waals surface area contributed by atoms with Gasteiger partial charge < -0.3 is 20.3 Å². The zero-order valence-electron chi connectivity index (χ0n) is 9.45. The van der Waals surface area contributed by atoms with Gasteiger partial charge >= 0.3 is 5.97 Å². The molecule has 0 saturated carbocycles. The number of ether oxygens (including phenoxy) is 1. The third-order valence-electron chi connectivity index (χ3n) is 2.07. The number of aromatic carboxylic acids is 1. The average molecular weight is 261 g/mol. The molecule has 0 aliphatic carbocycles. The number of anilines is 1. The molecular weight excluding hydrogens is 248 g/mol. The van der Waals surface area contributed by atoms with E-state index < -0.39 is 28.9 Å². The highest BCUT2D eigenvalue weighted by Gasteiger charge is 2.14. The van der Waals surface area contributed by atoms with Gasteiger partial charge in [-0.2, -0.15) is 0 Å². The van der Waals surface area contributed by atoms with Gasteiger partial charge in [-0.05, 0) is 12.1 Å². The van der Waals surface area contributed by atoms with E-state index in [-0.39, 0.29) is 26.4 Å². The van der Waals surface area contributed by atoms with E-state index in [0.29, 0.717) is 0 Å². The molecule has 100 valence electrons. The highest BCUT2D eigenvalue weighted by atomic mass is 19.1. The number of carbonyl (C=O) groups is 1. The lowest BCUT2D eigenvalue weighted by atomic mass is 10.2. The van der Waals surface area contributed by atoms with Crippen LogP contribution in [0.25, 0.3) is 0 Å². The number of hydrogen-bond acceptors (Lipinski definition) is 4. The summed E-state index contributed by atoms with van der Waals surface area (Å²) < 4.78 is 31.7. The van der Waals surface area contributed by atoms with Crippen molar-refractivity contribution in [3.8, 4) is 0 Å². The maximum Gasteiger partial charge on any atom is 0.335 e. The fourth-order valence-electron chi connectivity index (χ4n) is 1.28. The van der Waals surface area contributed by atoms with Crippen LogP contribution in [-0.4, -0.2) is 42.5 Å². The maximum atomic E-state index is 13.4. The Kier molecular flexibility index (Phi) is 5.47. The van der Waals surface area contributed by atoms with Gasteiger partial charge in [-0.3, -0.25) is 0 Å². The van der Waals surface area contributed by atoms with Crippen LogP contribution in [0.2, 0.25) is 0 Å². The number of nitrogens with one attached hydrogen (secondary N) is 1. The van der Waals surface area contributed by atoms with Crippen molar-refractivity contribution in [1.82, 2.24) is 0 Å². The minimum Gasteiger partial charge on any atom is -0.478 e. The Morgan fingerprint density at radius 2 is 1.89 bits per heavy atom. The van der Waals surface area contributed by atoms with Crippen molar-refractivity contribution in [3.63, 3.8) is 0 Å². The van der Waals surface area contributed by atoms with Gasteiger partial charge in [-0.25, -0.2) is 13.6 Å². The van der Waals surface area contributed by atoms with Crippen molar-refractivity contribution in [3.05, 3.63) is 29.3 Å². The van der Waals surface area contributed by atoms with E-state index in [9.17, 15) is 13.6 Å². The second kappa shape index (κ2) is 6.87. The summed E-state index contributed by atoms with van der Waals surface area (Å²) in [6, 6.07) is 1.48. The first kappa shape index (κ1) is 14.3. The molecule has 18 heavy (non-hydrogen) atoms. The summed E-state index contributed by atoms with van der Waals surface area (Å²) in [7, 11) is 0. The third-order valence-corrected chi connectivity index (χ3v) is 2.07. The Morgan fingerprint density at radius 3 is 2.39 bits per heavy atom. The summed E-state index contributed by atoms with van der Waals surface area (Å²) in [6.45, 7) is 0.320. The van der Waals surface area contributed by atoms with Crippen molar-refractivity contribution < 1.29 is 28.5 Å². The molecule has 0 heterocycles. The fraction of sp³-hybridized carbons (Fsp3) is 0.364. The van der Waals surface area contributed by atoms with Gasteiger partial charge in [0.1, 0.15) is 17.3 Å². The number of aliphatic hydroxyl groups is 1. The predicted octanol–water partition coefficient (Wildman–Crippen LogP) is 1.08. The molecule has 0 fully saturated rings. The normalized spacial score (nSPS) is 10.4. The first-order chi connectivity index (χ1) is 8.56. The Bertz CT molecular complexity index is 402. The molecular formula is C11H13F2NO4. The van der Waals surface area contributed by atoms with Gasteiger partial charge in [0.2, 0.25) is 0 Å². The van der Waals surface area contributed by atoms with Crippen molar-refractivity contribution in [2.24, 2.45) is 0 Å². The molecule has 0 spiro atoms. The fourth-order valence-corrected chi connectivity index (χ4v) is 1.28. The predicted molar refractivity (Wildman–Crippen MR) is 59.7 cm³/mol. The van der Waals surface area contributed by atoms with Gasteiger partial charge in [0.15, 0.2) is 0 Å². The van der Waals surface area contributed by atoms with Crippen molar-refractivity contribution in [2.45, 2.75) is 0 Å². The monoisotopic (exact) mass is 261 g/mol. The zero-order valence-corrected chi connectivity index (χ0v) is 9.45. The number of benzene rings is 1. The number of carboxylic acids is 1. The number of aliphatic hydroxyl groups excluding tert-OH is 1. The second-order valence-corrected chi connectivity index (χ2v) is 3.38. The molecule has 1 aromatic carbocycles. The highest BCUT2D eigenvalue weighted by molar-refractivity contribution is 5.88. The summed E-state index contributed by atoms with van der Waals surface area (Å²) in [5.41, 5.74) is -0.848. The molecule has 3 N–H and O–H groups in total. The van der Waals surface area contributed by atoms with Crippen LogP contribution in [0.3, 0.4) is 0 Å². The first-order valence-electron chi connectivity index (χ1n) is 5.21. The minimum atomic E-state index is -1.40. The summed E-state index contributed by atoms with van der Waals surface area (Å²) in [6.07, 6.45) is 0. The largest absolute Gasteiger partial charge is 0.478 e. The van der Waals surface area contributed by atoms with Gasteiger partial charge in [0, 0.05) is 6.54 Å². The molecule has 0 unspecified atom stereocenters. The summed E-state index contributed by atoms with van der Waals surface area (Å²) in [5.74, 6) is -3.35. The quantitative estimate of drug-likeness (QED) is 0.640. The van der Waals surface area contributed by atoms with E-state index in [1.165, 1.54) is 0 Å². The Balaban J connectivity index is 2.63. The van der Waals surface area contributed by atoms with Crippen LogP contribution >= 0.6 is 0 Å². The Labute approximate surface area is 102 Å². The van der Waals surface area contributed by atoms with Crippen LogP contribution in [0.5, 0.6) is 0 Å². The average Bonchev–Trinajstić information content (AvgIpc) is 2.31. The van der Waals surface area contributed by atoms with Crippen molar-refractivity contribution >= 4 is 11.7 Å². The molecule has 1 rings (SSSR count). The van der Waals surface area contributed by atoms with Crippen LogP contribution < -0.4 is 5.32 Å². The molecule has 5 nitrogen and oxygen atoms in total. The van der Waals surface area contributed by atoms with Crippen LogP contribution in [-0.2, 0) is 4.74 Å². The van der Waals surface area contributed by atoms with Gasteiger partial charge in [-0.15, -0.1) is 0 Å². The molecule has 0 aliphatic heterocycles. The Hall–Kier alpha value is -1.73. The Morgan fingerprint density at radius 1 is 1.28 bits per heavy atom. The summed E-state index contributed by atoms with van der Waals surface area (Å²) in [4.78, 5) is 10.6. The van der Waals surface area contributed by atoms with Crippen molar-refractivity contribution in [2.75, 3.05) is 31.7 Å². The minimum absolute atomic E-state index is 0.129. The van der Waals surface area contributed by atoms with Crippen LogP contribution in [0.1, 0.15) is 10.4 Å². The SMILES string of the molecule is O=C(O)c1cc(F)c(NCCOCCO)c(F)c1. The lowest BCUT2D eigenvalue weighted by molar-refractivity contribution is 0.0696. The van der Waals surface area contributed by atoms with E-state index in [1.807, 2.05) is 0 Å². The summed E-state index contributed by atoms with van der Waals surface area (Å²) >= 11 is 0. The molecule has 0 saturated heterocycles. The van der Waals surface area contributed by atoms with Crippen molar-refractivity contribution in [1.29, 1.82) is 0 Å². The van der Waals surface area contributed by atoms with Gasteiger partial charge in [-0.1, -0.05) is 0 Å². The summed E-state index contributed by atoms with van der Waals surface area (Å²) in [5, 5.41) is 19.5. The second-order valence-electron chi connectivity index (χ2n) is 3.38. The van der Waals surface area contributed by atoms with E-state index in [1.54, 1.807) is 0 Å². The lowest BCUT2D eigenvalue weighted by Gasteiger charge is -2.09. The zero-order chi connectivity index (χ0) is 13.5. The van der Waals surface area contributed by atoms with Crippen LogP contribution in [0.15, 0.2) is 12.1 Å². The van der Waals surface area contributed by atoms with E-state index >= 15 is 0 Å². The molecule has 0 amide bonds. The molecule has 7 heteroatoms. The van der Waals surface area contributed by atoms with Gasteiger partial charge in [0.25, 0.3) is 0 Å². The van der Waals surface area contributed by atoms with E-state index in [4.69, 9.17) is 14.9 Å². The molecule has 0 radical (unpaired) electrons. The highest BCUT2D eigenvalue weighted by Crippen LogP contribution is 2.20. The smallest absolute Gasteiger partial charge is 0.335 e. The number of rotatable bonds is 7. The van der Waals surface area contributed by atoms with Gasteiger partial charge in [0.05, 0.1) is 25.4 Å². The van der Waals surface area contributed by atoms with Crippen LogP contribution in [0.4, 0.5) is 14.5 Å². The standard InChI is InChI=1S/C11H13F2NO4/c12-8-5-7(11(16)17)6-9(13)10(8)14-1-3-18-4-2-15/h5-6,14-15H,1-4H2,(H,16,17). The third kappa shape index (κ3) is 3.94. The molecule has 0 aromatic heterocycles. The maximum absolute atomic E-state index is 13.4. The molecule has 0 bridgehead atoms. The number of carboxylic acid groups (broad SMARTS) is 1. The van der Waals surface area contributed by atoms with E-state index in [2.05, 4.69) is 5.32 Å². The van der Waals surface area contributed by atoms with E-state index in [0.717, 1.165) is 12.1 Å².